The van der Waals surface area contributed by atoms with Crippen molar-refractivity contribution in [3.05, 3.63) is 76.8 Å². The van der Waals surface area contributed by atoms with Crippen LogP contribution in [0.5, 0.6) is 5.75 Å². The summed E-state index contributed by atoms with van der Waals surface area (Å²) in [4.78, 5) is 0. The van der Waals surface area contributed by atoms with Crippen LogP contribution >= 0.6 is 24.0 Å². The van der Waals surface area contributed by atoms with E-state index in [0.717, 1.165) is 16.3 Å². The fourth-order valence-electron chi connectivity index (χ4n) is 2.37. The van der Waals surface area contributed by atoms with E-state index in [2.05, 4.69) is 0 Å². The summed E-state index contributed by atoms with van der Waals surface area (Å²) in [5, 5.41) is 12.9. The van der Waals surface area contributed by atoms with Gasteiger partial charge in [0.25, 0.3) is 0 Å². The molecule has 3 N–H and O–H groups in total. The Morgan fingerprint density at radius 3 is 2.29 bits per heavy atom. The Hall–Kier alpha value is -1.74. The standard InChI is InChI=1S/C17H14ClNO.ClH/c18-13-8-5-12(6-9-13)16(19)15-10-7-11-3-1-2-4-14(11)17(15)20;/h1-10,16,20H,19H2;1H. The highest BCUT2D eigenvalue weighted by atomic mass is 35.5. The number of rotatable bonds is 2. The van der Waals surface area contributed by atoms with Gasteiger partial charge in [0.05, 0.1) is 6.04 Å². The third-order valence-corrected chi connectivity index (χ3v) is 3.75. The summed E-state index contributed by atoms with van der Waals surface area (Å²) in [5.41, 5.74) is 7.89. The molecule has 108 valence electrons. The van der Waals surface area contributed by atoms with E-state index >= 15 is 0 Å². The van der Waals surface area contributed by atoms with E-state index in [4.69, 9.17) is 17.3 Å². The Labute approximate surface area is 134 Å². The van der Waals surface area contributed by atoms with Crippen molar-refractivity contribution in [2.75, 3.05) is 0 Å². The van der Waals surface area contributed by atoms with Crippen molar-refractivity contribution >= 4 is 34.8 Å². The Morgan fingerprint density at radius 2 is 1.57 bits per heavy atom. The first-order chi connectivity index (χ1) is 9.66. The van der Waals surface area contributed by atoms with Crippen LogP contribution in [0.3, 0.4) is 0 Å². The topological polar surface area (TPSA) is 46.2 Å². The maximum Gasteiger partial charge on any atom is 0.128 e. The highest BCUT2D eigenvalue weighted by Crippen LogP contribution is 2.34. The van der Waals surface area contributed by atoms with Gasteiger partial charge in [0, 0.05) is 16.0 Å². The largest absolute Gasteiger partial charge is 0.507 e. The summed E-state index contributed by atoms with van der Waals surface area (Å²) in [6, 6.07) is 18.5. The Kier molecular flexibility index (Phi) is 4.73. The quantitative estimate of drug-likeness (QED) is 0.721. The molecule has 0 spiro atoms. The second-order valence-corrected chi connectivity index (χ2v) is 5.19. The molecule has 0 heterocycles. The maximum absolute atomic E-state index is 10.4. The van der Waals surface area contributed by atoms with Gasteiger partial charge in [-0.3, -0.25) is 0 Å². The zero-order valence-electron chi connectivity index (χ0n) is 11.2. The van der Waals surface area contributed by atoms with Crippen molar-refractivity contribution < 1.29 is 5.11 Å². The first-order valence-electron chi connectivity index (χ1n) is 6.38. The van der Waals surface area contributed by atoms with Gasteiger partial charge in [-0.1, -0.05) is 60.1 Å². The number of phenols is 1. The van der Waals surface area contributed by atoms with Crippen LogP contribution in [0.1, 0.15) is 17.2 Å². The minimum absolute atomic E-state index is 0. The molecule has 3 rings (SSSR count). The summed E-state index contributed by atoms with van der Waals surface area (Å²) in [7, 11) is 0. The molecule has 3 aromatic carbocycles. The molecule has 0 aliphatic carbocycles. The van der Waals surface area contributed by atoms with Crippen LogP contribution < -0.4 is 5.73 Å². The number of aromatic hydroxyl groups is 1. The van der Waals surface area contributed by atoms with Crippen LogP contribution in [-0.2, 0) is 0 Å². The predicted molar refractivity (Wildman–Crippen MR) is 90.3 cm³/mol. The lowest BCUT2D eigenvalue weighted by Crippen LogP contribution is -2.11. The molecule has 0 radical (unpaired) electrons. The van der Waals surface area contributed by atoms with Gasteiger partial charge < -0.3 is 10.8 Å². The molecule has 0 aliphatic heterocycles. The van der Waals surface area contributed by atoms with Crippen LogP contribution in [0.4, 0.5) is 0 Å². The van der Waals surface area contributed by atoms with Gasteiger partial charge in [-0.05, 0) is 23.1 Å². The van der Waals surface area contributed by atoms with E-state index in [9.17, 15) is 5.11 Å². The normalized spacial score (nSPS) is 11.9. The van der Waals surface area contributed by atoms with Gasteiger partial charge in [-0.25, -0.2) is 0 Å². The molecule has 1 atom stereocenters. The van der Waals surface area contributed by atoms with E-state index in [1.54, 1.807) is 12.1 Å². The van der Waals surface area contributed by atoms with Crippen molar-refractivity contribution in [2.45, 2.75) is 6.04 Å². The molecule has 0 bridgehead atoms. The number of hydrogen-bond donors (Lipinski definition) is 2. The average molecular weight is 320 g/mol. The van der Waals surface area contributed by atoms with E-state index < -0.39 is 0 Å². The smallest absolute Gasteiger partial charge is 0.128 e. The number of hydrogen-bond acceptors (Lipinski definition) is 2. The Morgan fingerprint density at radius 1 is 0.905 bits per heavy atom. The number of phenolic OH excluding ortho intramolecular Hbond substituents is 1. The summed E-state index contributed by atoms with van der Waals surface area (Å²) in [5.74, 6) is 0.241. The summed E-state index contributed by atoms with van der Waals surface area (Å²) in [6.07, 6.45) is 0. The van der Waals surface area contributed by atoms with Crippen molar-refractivity contribution in [3.8, 4) is 5.75 Å². The maximum atomic E-state index is 10.4. The van der Waals surface area contributed by atoms with Crippen LogP contribution in [0.25, 0.3) is 10.8 Å². The van der Waals surface area contributed by atoms with E-state index in [1.165, 1.54) is 0 Å². The minimum Gasteiger partial charge on any atom is -0.507 e. The van der Waals surface area contributed by atoms with Gasteiger partial charge in [-0.15, -0.1) is 12.4 Å². The number of benzene rings is 3. The van der Waals surface area contributed by atoms with E-state index in [-0.39, 0.29) is 24.2 Å². The Bertz CT molecular complexity index is 756. The molecular weight excluding hydrogens is 305 g/mol. The highest BCUT2D eigenvalue weighted by Gasteiger charge is 2.15. The van der Waals surface area contributed by atoms with Gasteiger partial charge in [0.1, 0.15) is 5.75 Å². The Balaban J connectivity index is 0.00000161. The predicted octanol–water partition coefficient (Wildman–Crippen LogP) is 4.67. The van der Waals surface area contributed by atoms with Gasteiger partial charge in [-0.2, -0.15) is 0 Å². The number of halogens is 2. The van der Waals surface area contributed by atoms with Crippen LogP contribution in [0.2, 0.25) is 5.02 Å². The minimum atomic E-state index is -0.378. The molecule has 3 aromatic rings. The first-order valence-corrected chi connectivity index (χ1v) is 6.76. The average Bonchev–Trinajstić information content (AvgIpc) is 2.48. The molecule has 2 nitrogen and oxygen atoms in total. The van der Waals surface area contributed by atoms with Crippen LogP contribution in [0, 0.1) is 0 Å². The lowest BCUT2D eigenvalue weighted by Gasteiger charge is -2.15. The molecule has 0 fully saturated rings. The fraction of sp³-hybridized carbons (Fsp3) is 0.0588. The van der Waals surface area contributed by atoms with Crippen molar-refractivity contribution in [2.24, 2.45) is 5.73 Å². The van der Waals surface area contributed by atoms with E-state index in [1.807, 2.05) is 48.5 Å². The molecule has 0 amide bonds. The lowest BCUT2D eigenvalue weighted by molar-refractivity contribution is 0.472. The summed E-state index contributed by atoms with van der Waals surface area (Å²) >= 11 is 5.88. The van der Waals surface area contributed by atoms with Crippen molar-refractivity contribution in [1.82, 2.24) is 0 Å². The molecular formula is C17H15Cl2NO. The molecule has 0 aromatic heterocycles. The molecule has 0 saturated carbocycles. The van der Waals surface area contributed by atoms with E-state index in [0.29, 0.717) is 10.6 Å². The molecule has 1 unspecified atom stereocenters. The molecule has 0 aliphatic rings. The van der Waals surface area contributed by atoms with Gasteiger partial charge in [0.15, 0.2) is 0 Å². The lowest BCUT2D eigenvalue weighted by atomic mass is 9.96. The zero-order chi connectivity index (χ0) is 14.1. The zero-order valence-corrected chi connectivity index (χ0v) is 12.7. The SMILES string of the molecule is Cl.NC(c1ccc(Cl)cc1)c1ccc2ccccc2c1O. The first kappa shape index (κ1) is 15.6. The monoisotopic (exact) mass is 319 g/mol. The highest BCUT2D eigenvalue weighted by molar-refractivity contribution is 6.30. The second-order valence-electron chi connectivity index (χ2n) is 4.75. The van der Waals surface area contributed by atoms with Crippen molar-refractivity contribution in [3.63, 3.8) is 0 Å². The van der Waals surface area contributed by atoms with Gasteiger partial charge in [0.2, 0.25) is 0 Å². The number of nitrogens with two attached hydrogens (primary N) is 1. The van der Waals surface area contributed by atoms with Crippen LogP contribution in [-0.4, -0.2) is 5.11 Å². The van der Waals surface area contributed by atoms with Gasteiger partial charge >= 0.3 is 0 Å². The van der Waals surface area contributed by atoms with Crippen molar-refractivity contribution in [1.29, 1.82) is 0 Å². The molecule has 21 heavy (non-hydrogen) atoms. The summed E-state index contributed by atoms with van der Waals surface area (Å²) in [6.45, 7) is 0. The summed E-state index contributed by atoms with van der Waals surface area (Å²) < 4.78 is 0. The molecule has 4 heteroatoms. The second kappa shape index (κ2) is 6.35. The third-order valence-electron chi connectivity index (χ3n) is 3.50. The van der Waals surface area contributed by atoms with Crippen LogP contribution in [0.15, 0.2) is 60.7 Å². The fourth-order valence-corrected chi connectivity index (χ4v) is 2.50. The molecule has 0 saturated heterocycles. The third kappa shape index (κ3) is 2.98. The number of fused-ring (bicyclic) bond motifs is 1.